The molecule has 3 aromatic carbocycles. The Morgan fingerprint density at radius 3 is 2.23 bits per heavy atom. The zero-order chi connectivity index (χ0) is 17.8. The van der Waals surface area contributed by atoms with Crippen molar-refractivity contribution < 1.29 is 9.47 Å². The van der Waals surface area contributed by atoms with E-state index in [0.29, 0.717) is 6.73 Å². The van der Waals surface area contributed by atoms with Crippen LogP contribution in [0.2, 0.25) is 0 Å². The van der Waals surface area contributed by atoms with Crippen molar-refractivity contribution in [1.29, 1.82) is 0 Å². The molecule has 26 heavy (non-hydrogen) atoms. The first-order valence-corrected chi connectivity index (χ1v) is 9.00. The zero-order valence-corrected chi connectivity index (χ0v) is 15.0. The van der Waals surface area contributed by atoms with Crippen molar-refractivity contribution >= 4 is 5.69 Å². The highest BCUT2D eigenvalue weighted by Gasteiger charge is 2.32. The predicted octanol–water partition coefficient (Wildman–Crippen LogP) is 5.58. The van der Waals surface area contributed by atoms with Crippen molar-refractivity contribution in [2.75, 3.05) is 18.2 Å². The van der Waals surface area contributed by atoms with Crippen LogP contribution in [0.5, 0.6) is 11.5 Å². The molecule has 3 aromatic rings. The Labute approximate surface area is 154 Å². The van der Waals surface area contributed by atoms with Crippen LogP contribution < -0.4 is 9.64 Å². The van der Waals surface area contributed by atoms with Crippen LogP contribution in [0.4, 0.5) is 5.69 Å². The molecule has 132 valence electrons. The first-order chi connectivity index (χ1) is 12.7. The number of rotatable bonds is 4. The second-order valence-electron chi connectivity index (χ2n) is 6.80. The Kier molecular flexibility index (Phi) is 4.63. The molecule has 4 rings (SSSR count). The van der Waals surface area contributed by atoms with Gasteiger partial charge in [0.25, 0.3) is 0 Å². The van der Waals surface area contributed by atoms with Crippen molar-refractivity contribution in [3.05, 3.63) is 90.5 Å². The molecule has 3 heteroatoms. The first kappa shape index (κ1) is 16.7. The molecule has 0 aromatic heterocycles. The van der Waals surface area contributed by atoms with E-state index in [9.17, 15) is 0 Å². The third kappa shape index (κ3) is 3.58. The van der Waals surface area contributed by atoms with Crippen LogP contribution in [0, 0.1) is 0 Å². The third-order valence-corrected chi connectivity index (χ3v) is 4.94. The van der Waals surface area contributed by atoms with E-state index >= 15 is 0 Å². The van der Waals surface area contributed by atoms with E-state index < -0.39 is 0 Å². The predicted molar refractivity (Wildman–Crippen MR) is 105 cm³/mol. The van der Waals surface area contributed by atoms with Crippen molar-refractivity contribution in [2.24, 2.45) is 0 Å². The fourth-order valence-electron chi connectivity index (χ4n) is 3.30. The van der Waals surface area contributed by atoms with Gasteiger partial charge < -0.3 is 14.4 Å². The molecule has 1 atom stereocenters. The lowest BCUT2D eigenvalue weighted by Gasteiger charge is -2.41. The fourth-order valence-corrected chi connectivity index (χ4v) is 3.30. The van der Waals surface area contributed by atoms with Crippen LogP contribution >= 0.6 is 0 Å². The van der Waals surface area contributed by atoms with Gasteiger partial charge in [-0.2, -0.15) is 0 Å². The summed E-state index contributed by atoms with van der Waals surface area (Å²) in [7, 11) is 0. The van der Waals surface area contributed by atoms with E-state index in [1.807, 2.05) is 48.5 Å². The third-order valence-electron chi connectivity index (χ3n) is 4.94. The van der Waals surface area contributed by atoms with E-state index in [4.69, 9.17) is 9.47 Å². The van der Waals surface area contributed by atoms with Gasteiger partial charge in [0, 0.05) is 18.3 Å². The molecule has 3 nitrogen and oxygen atoms in total. The lowest BCUT2D eigenvalue weighted by molar-refractivity contribution is -0.0620. The molecule has 0 bridgehead atoms. The highest BCUT2D eigenvalue weighted by atomic mass is 16.5. The van der Waals surface area contributed by atoms with Crippen LogP contribution in [-0.2, 0) is 10.3 Å². The number of ether oxygens (including phenoxy) is 2. The summed E-state index contributed by atoms with van der Waals surface area (Å²) in [6.45, 7) is 3.69. The lowest BCUT2D eigenvalue weighted by Crippen LogP contribution is -2.43. The number of nitrogens with zero attached hydrogens (tertiary/aromatic N) is 1. The summed E-state index contributed by atoms with van der Waals surface area (Å²) in [5.41, 5.74) is 2.13. The average Bonchev–Trinajstić information content (AvgIpc) is 2.70. The molecule has 1 fully saturated rings. The van der Waals surface area contributed by atoms with Crippen molar-refractivity contribution in [2.45, 2.75) is 18.9 Å². The van der Waals surface area contributed by atoms with Crippen LogP contribution in [0.3, 0.4) is 0 Å². The molecular formula is C23H23NO2. The molecule has 1 unspecified atom stereocenters. The maximum Gasteiger partial charge on any atom is 0.129 e. The second-order valence-corrected chi connectivity index (χ2v) is 6.80. The van der Waals surface area contributed by atoms with Crippen LogP contribution in [0.1, 0.15) is 18.9 Å². The molecule has 0 aliphatic carbocycles. The highest BCUT2D eigenvalue weighted by Crippen LogP contribution is 2.35. The van der Waals surface area contributed by atoms with E-state index in [1.165, 1.54) is 5.56 Å². The summed E-state index contributed by atoms with van der Waals surface area (Å²) in [4.78, 5) is 2.25. The molecule has 1 aliphatic heterocycles. The van der Waals surface area contributed by atoms with Gasteiger partial charge >= 0.3 is 0 Å². The molecule has 1 saturated heterocycles. The standard InChI is InChI=1S/C23H23NO2/c1-23(19-9-4-2-5-10-19)15-16-24(18-25-23)20-11-8-14-22(17-20)26-21-12-6-3-7-13-21/h2-14,17H,15-16,18H2,1H3. The normalized spacial score (nSPS) is 20.0. The quantitative estimate of drug-likeness (QED) is 0.616. The van der Waals surface area contributed by atoms with Gasteiger partial charge in [0.15, 0.2) is 0 Å². The van der Waals surface area contributed by atoms with Gasteiger partial charge in [0.05, 0.1) is 5.60 Å². The van der Waals surface area contributed by atoms with E-state index in [-0.39, 0.29) is 5.60 Å². The zero-order valence-electron chi connectivity index (χ0n) is 15.0. The monoisotopic (exact) mass is 345 g/mol. The lowest BCUT2D eigenvalue weighted by atomic mass is 9.91. The van der Waals surface area contributed by atoms with Crippen molar-refractivity contribution in [1.82, 2.24) is 0 Å². The summed E-state index contributed by atoms with van der Waals surface area (Å²) in [6.07, 6.45) is 0.945. The van der Waals surface area contributed by atoms with Crippen LogP contribution in [-0.4, -0.2) is 13.3 Å². The van der Waals surface area contributed by atoms with Gasteiger partial charge in [-0.25, -0.2) is 0 Å². The fraction of sp³-hybridized carbons (Fsp3) is 0.217. The summed E-state index contributed by atoms with van der Waals surface area (Å²) >= 11 is 0. The minimum absolute atomic E-state index is 0.226. The minimum atomic E-state index is -0.226. The Morgan fingerprint density at radius 1 is 0.846 bits per heavy atom. The topological polar surface area (TPSA) is 21.7 Å². The Balaban J connectivity index is 1.45. The minimum Gasteiger partial charge on any atom is -0.457 e. The van der Waals surface area contributed by atoms with Crippen molar-refractivity contribution in [3.63, 3.8) is 0 Å². The maximum atomic E-state index is 6.26. The van der Waals surface area contributed by atoms with E-state index in [2.05, 4.69) is 48.2 Å². The van der Waals surface area contributed by atoms with Gasteiger partial charge in [-0.05, 0) is 43.2 Å². The number of anilines is 1. The largest absolute Gasteiger partial charge is 0.457 e. The summed E-state index contributed by atoms with van der Waals surface area (Å²) in [5.74, 6) is 1.68. The first-order valence-electron chi connectivity index (χ1n) is 9.00. The average molecular weight is 345 g/mol. The Morgan fingerprint density at radius 2 is 1.54 bits per heavy atom. The number of para-hydroxylation sites is 1. The number of hydrogen-bond acceptors (Lipinski definition) is 3. The summed E-state index contributed by atoms with van der Waals surface area (Å²) in [5, 5.41) is 0. The smallest absolute Gasteiger partial charge is 0.129 e. The summed E-state index contributed by atoms with van der Waals surface area (Å²) < 4.78 is 12.2. The van der Waals surface area contributed by atoms with Gasteiger partial charge in [-0.3, -0.25) is 0 Å². The van der Waals surface area contributed by atoms with E-state index in [1.54, 1.807) is 0 Å². The Hall–Kier alpha value is -2.78. The van der Waals surface area contributed by atoms with Crippen LogP contribution in [0.15, 0.2) is 84.9 Å². The van der Waals surface area contributed by atoms with Crippen molar-refractivity contribution in [3.8, 4) is 11.5 Å². The molecule has 0 spiro atoms. The number of hydrogen-bond donors (Lipinski definition) is 0. The molecule has 1 aliphatic rings. The molecular weight excluding hydrogens is 322 g/mol. The molecule has 0 saturated carbocycles. The number of benzene rings is 3. The van der Waals surface area contributed by atoms with Crippen LogP contribution in [0.25, 0.3) is 0 Å². The summed E-state index contributed by atoms with van der Waals surface area (Å²) in [6, 6.07) is 28.5. The van der Waals surface area contributed by atoms with Gasteiger partial charge in [-0.1, -0.05) is 54.6 Å². The van der Waals surface area contributed by atoms with Gasteiger partial charge in [-0.15, -0.1) is 0 Å². The van der Waals surface area contributed by atoms with E-state index in [0.717, 1.165) is 30.2 Å². The highest BCUT2D eigenvalue weighted by molar-refractivity contribution is 5.51. The van der Waals surface area contributed by atoms with Gasteiger partial charge in [0.1, 0.15) is 18.2 Å². The molecule has 0 radical (unpaired) electrons. The molecule has 0 amide bonds. The second kappa shape index (κ2) is 7.22. The Bertz CT molecular complexity index is 840. The van der Waals surface area contributed by atoms with Gasteiger partial charge in [0.2, 0.25) is 0 Å². The maximum absolute atomic E-state index is 6.26. The molecule has 1 heterocycles. The SMILES string of the molecule is CC1(c2ccccc2)CCN(c2cccc(Oc3ccccc3)c2)CO1. The molecule has 0 N–H and O–H groups in total.